The molecule has 1 aromatic heterocycles. The van der Waals surface area contributed by atoms with Crippen molar-refractivity contribution in [3.8, 4) is 0 Å². The molecule has 1 aromatic carbocycles. The Balaban J connectivity index is 1.90. The summed E-state index contributed by atoms with van der Waals surface area (Å²) in [4.78, 5) is 30.4. The molecule has 2 aromatic rings. The van der Waals surface area contributed by atoms with Crippen LogP contribution in [0.1, 0.15) is 12.0 Å². The molecule has 1 aliphatic heterocycles. The third kappa shape index (κ3) is 2.54. The summed E-state index contributed by atoms with van der Waals surface area (Å²) in [6, 6.07) is 5.43. The van der Waals surface area contributed by atoms with E-state index >= 15 is 0 Å². The van der Waals surface area contributed by atoms with Crippen molar-refractivity contribution in [1.29, 1.82) is 0 Å². The van der Waals surface area contributed by atoms with Crippen LogP contribution in [0.15, 0.2) is 29.3 Å². The number of nitrogens with zero attached hydrogens (tertiary/aromatic N) is 3. The molecular formula is C15H17N3O3. The molecule has 2 heterocycles. The van der Waals surface area contributed by atoms with E-state index in [1.54, 1.807) is 11.0 Å². The van der Waals surface area contributed by atoms with Crippen LogP contribution in [0.5, 0.6) is 0 Å². The highest BCUT2D eigenvalue weighted by Gasteiger charge is 2.24. The van der Waals surface area contributed by atoms with Crippen molar-refractivity contribution in [2.24, 2.45) is 0 Å². The molecule has 1 atom stereocenters. The Bertz CT molecular complexity index is 753. The number of para-hydroxylation sites is 1. The first-order valence-electron chi connectivity index (χ1n) is 6.97. The predicted octanol–water partition coefficient (Wildman–Crippen LogP) is 0.298. The Hall–Kier alpha value is -2.21. The van der Waals surface area contributed by atoms with Gasteiger partial charge in [-0.1, -0.05) is 12.1 Å². The van der Waals surface area contributed by atoms with Gasteiger partial charge in [0.25, 0.3) is 5.56 Å². The maximum absolute atomic E-state index is 12.4. The highest BCUT2D eigenvalue weighted by Crippen LogP contribution is 2.12. The van der Waals surface area contributed by atoms with E-state index < -0.39 is 6.10 Å². The number of amides is 1. The molecule has 0 bridgehead atoms. The zero-order valence-corrected chi connectivity index (χ0v) is 11.8. The lowest BCUT2D eigenvalue weighted by Crippen LogP contribution is -2.35. The van der Waals surface area contributed by atoms with Gasteiger partial charge in [0.1, 0.15) is 6.54 Å². The normalized spacial score (nSPS) is 18.4. The molecule has 110 valence electrons. The van der Waals surface area contributed by atoms with Gasteiger partial charge in [-0.2, -0.15) is 0 Å². The zero-order chi connectivity index (χ0) is 15.0. The fourth-order valence-electron chi connectivity index (χ4n) is 2.66. The molecule has 0 aliphatic carbocycles. The molecule has 0 unspecified atom stereocenters. The number of rotatable bonds is 2. The summed E-state index contributed by atoms with van der Waals surface area (Å²) in [6.07, 6.45) is 1.56. The fraction of sp³-hybridized carbons (Fsp3) is 0.400. The molecule has 1 amide bonds. The van der Waals surface area contributed by atoms with Crippen LogP contribution in [0.2, 0.25) is 0 Å². The molecule has 1 saturated heterocycles. The molecule has 6 heteroatoms. The van der Waals surface area contributed by atoms with Crippen molar-refractivity contribution < 1.29 is 9.90 Å². The Morgan fingerprint density at radius 3 is 3.00 bits per heavy atom. The second-order valence-corrected chi connectivity index (χ2v) is 5.43. The van der Waals surface area contributed by atoms with Crippen molar-refractivity contribution in [2.75, 3.05) is 13.1 Å². The Morgan fingerprint density at radius 2 is 2.29 bits per heavy atom. The first-order valence-corrected chi connectivity index (χ1v) is 6.97. The first-order chi connectivity index (χ1) is 10.1. The minimum Gasteiger partial charge on any atom is -0.391 e. The van der Waals surface area contributed by atoms with Gasteiger partial charge in [-0.05, 0) is 25.0 Å². The lowest BCUT2D eigenvalue weighted by Gasteiger charge is -2.16. The van der Waals surface area contributed by atoms with Gasteiger partial charge in [-0.15, -0.1) is 0 Å². The van der Waals surface area contributed by atoms with E-state index in [-0.39, 0.29) is 18.0 Å². The first kappa shape index (κ1) is 13.8. The van der Waals surface area contributed by atoms with Gasteiger partial charge in [0.2, 0.25) is 5.91 Å². The minimum absolute atomic E-state index is 0.0393. The Labute approximate surface area is 121 Å². The van der Waals surface area contributed by atoms with Crippen LogP contribution in [0.4, 0.5) is 0 Å². The summed E-state index contributed by atoms with van der Waals surface area (Å²) >= 11 is 0. The highest BCUT2D eigenvalue weighted by molar-refractivity contribution is 5.81. The molecule has 3 rings (SSSR count). The molecule has 1 N–H and O–H groups in total. The van der Waals surface area contributed by atoms with Gasteiger partial charge >= 0.3 is 0 Å². The van der Waals surface area contributed by atoms with Crippen molar-refractivity contribution in [2.45, 2.75) is 26.0 Å². The highest BCUT2D eigenvalue weighted by atomic mass is 16.3. The minimum atomic E-state index is -0.456. The molecule has 0 spiro atoms. The van der Waals surface area contributed by atoms with Crippen LogP contribution in [-0.4, -0.2) is 44.7 Å². The molecule has 21 heavy (non-hydrogen) atoms. The van der Waals surface area contributed by atoms with E-state index in [1.807, 2.05) is 19.1 Å². The van der Waals surface area contributed by atoms with Crippen molar-refractivity contribution in [1.82, 2.24) is 14.5 Å². The van der Waals surface area contributed by atoms with Crippen molar-refractivity contribution in [3.05, 3.63) is 40.4 Å². The summed E-state index contributed by atoms with van der Waals surface area (Å²) in [5.74, 6) is -0.164. The smallest absolute Gasteiger partial charge is 0.261 e. The maximum atomic E-state index is 12.4. The van der Waals surface area contributed by atoms with E-state index in [4.69, 9.17) is 0 Å². The molecule has 1 fully saturated rings. The van der Waals surface area contributed by atoms with E-state index in [9.17, 15) is 14.7 Å². The number of hydrogen-bond donors (Lipinski definition) is 1. The third-order valence-electron chi connectivity index (χ3n) is 3.88. The number of carbonyl (C=O) groups is 1. The lowest BCUT2D eigenvalue weighted by molar-refractivity contribution is -0.131. The lowest BCUT2D eigenvalue weighted by atomic mass is 10.1. The van der Waals surface area contributed by atoms with E-state index in [0.717, 1.165) is 5.56 Å². The SMILES string of the molecule is Cc1cccc2c(=O)n(CC(=O)N3CC[C@@H](O)C3)cnc12. The van der Waals surface area contributed by atoms with Crippen LogP contribution in [0.25, 0.3) is 10.9 Å². The number of likely N-dealkylation sites (tertiary alicyclic amines) is 1. The fourth-order valence-corrected chi connectivity index (χ4v) is 2.66. The average Bonchev–Trinajstić information content (AvgIpc) is 2.89. The number of aliphatic hydroxyl groups is 1. The van der Waals surface area contributed by atoms with Crippen LogP contribution < -0.4 is 5.56 Å². The monoisotopic (exact) mass is 287 g/mol. The number of β-amino-alcohol motifs (C(OH)–C–C–N with tert-alkyl or cyclic N) is 1. The number of fused-ring (bicyclic) bond motifs is 1. The summed E-state index contributed by atoms with van der Waals surface area (Å²) in [7, 11) is 0. The summed E-state index contributed by atoms with van der Waals surface area (Å²) in [6.45, 7) is 2.74. The molecule has 6 nitrogen and oxygen atoms in total. The van der Waals surface area contributed by atoms with Gasteiger partial charge in [-0.25, -0.2) is 4.98 Å². The van der Waals surface area contributed by atoms with Gasteiger partial charge < -0.3 is 10.0 Å². The predicted molar refractivity (Wildman–Crippen MR) is 77.9 cm³/mol. The topological polar surface area (TPSA) is 75.4 Å². The number of aliphatic hydroxyl groups excluding tert-OH is 1. The molecule has 0 saturated carbocycles. The number of aromatic nitrogens is 2. The zero-order valence-electron chi connectivity index (χ0n) is 11.8. The summed E-state index contributed by atoms with van der Waals surface area (Å²) in [5, 5.41) is 9.99. The Morgan fingerprint density at radius 1 is 1.48 bits per heavy atom. The largest absolute Gasteiger partial charge is 0.391 e. The van der Waals surface area contributed by atoms with Crippen LogP contribution in [0.3, 0.4) is 0 Å². The van der Waals surface area contributed by atoms with Crippen LogP contribution >= 0.6 is 0 Å². The number of hydrogen-bond acceptors (Lipinski definition) is 4. The van der Waals surface area contributed by atoms with E-state index in [2.05, 4.69) is 4.98 Å². The average molecular weight is 287 g/mol. The number of aryl methyl sites for hydroxylation is 1. The quantitative estimate of drug-likeness (QED) is 0.862. The maximum Gasteiger partial charge on any atom is 0.261 e. The third-order valence-corrected chi connectivity index (χ3v) is 3.88. The van der Waals surface area contributed by atoms with Crippen LogP contribution in [0, 0.1) is 6.92 Å². The second-order valence-electron chi connectivity index (χ2n) is 5.43. The molecule has 0 radical (unpaired) electrons. The van der Waals surface area contributed by atoms with Crippen molar-refractivity contribution in [3.63, 3.8) is 0 Å². The standard InChI is InChI=1S/C15H17N3O3/c1-10-3-2-4-12-14(10)16-9-18(15(12)21)8-13(20)17-6-5-11(19)7-17/h2-4,9,11,19H,5-8H2,1H3/t11-/m1/s1. The molecular weight excluding hydrogens is 270 g/mol. The van der Waals surface area contributed by atoms with Gasteiger partial charge in [0.15, 0.2) is 0 Å². The summed E-state index contributed by atoms with van der Waals surface area (Å²) < 4.78 is 1.33. The van der Waals surface area contributed by atoms with E-state index in [0.29, 0.717) is 30.4 Å². The van der Waals surface area contributed by atoms with Crippen LogP contribution in [-0.2, 0) is 11.3 Å². The van der Waals surface area contributed by atoms with E-state index in [1.165, 1.54) is 10.9 Å². The van der Waals surface area contributed by atoms with Gasteiger partial charge in [0.05, 0.1) is 23.3 Å². The van der Waals surface area contributed by atoms with Gasteiger partial charge in [-0.3, -0.25) is 14.2 Å². The Kier molecular flexibility index (Phi) is 3.47. The van der Waals surface area contributed by atoms with Crippen molar-refractivity contribution >= 4 is 16.8 Å². The summed E-state index contributed by atoms with van der Waals surface area (Å²) in [5.41, 5.74) is 1.39. The number of benzene rings is 1. The van der Waals surface area contributed by atoms with Gasteiger partial charge in [0, 0.05) is 13.1 Å². The number of carbonyl (C=O) groups excluding carboxylic acids is 1. The second kappa shape index (κ2) is 5.29. The molecule has 1 aliphatic rings.